The number of rotatable bonds is 15. The first-order valence-electron chi connectivity index (χ1n) is 17.0. The van der Waals surface area contributed by atoms with Crippen LogP contribution in [0.5, 0.6) is 5.75 Å². The van der Waals surface area contributed by atoms with Gasteiger partial charge in [0.25, 0.3) is 0 Å². The minimum atomic E-state index is -4.58. The number of nitrogen functional groups attached to an aromatic ring is 1. The molecule has 284 valence electrons. The highest BCUT2D eigenvalue weighted by molar-refractivity contribution is 7.52. The Kier molecular flexibility index (Phi) is 12.2. The standard InChI is InChI=1S/C34H46FN6O10P/c1-20(2)31(42)48-28-27(25-12-13-26-30(36)37-19-38-41(25)26)50-34(17-35,29(28)49-32(43)21(3)4)18-46-52(45,51-23-10-8-7-9-11-23)39-22(5)33(44)47-24-14-15-40(6)16-24/h7-13,19-22,24,27-29H,14-18H2,1-6H3,(H,39,45)(H2,36,37,38)/t22-,24+,27-,28-,29-,34+,52?/m0/s1. The predicted molar refractivity (Wildman–Crippen MR) is 185 cm³/mol. The summed E-state index contributed by atoms with van der Waals surface area (Å²) in [5, 5.41) is 6.87. The first-order chi connectivity index (χ1) is 24.6. The Labute approximate surface area is 301 Å². The summed E-state index contributed by atoms with van der Waals surface area (Å²) < 4.78 is 67.2. The van der Waals surface area contributed by atoms with Crippen molar-refractivity contribution in [1.29, 1.82) is 0 Å². The molecular weight excluding hydrogens is 702 g/mol. The van der Waals surface area contributed by atoms with Crippen molar-refractivity contribution in [2.45, 2.75) is 77.1 Å². The summed E-state index contributed by atoms with van der Waals surface area (Å²) in [7, 11) is -2.68. The molecule has 2 saturated heterocycles. The molecule has 5 rings (SSSR count). The molecule has 0 spiro atoms. The molecule has 7 atom stereocenters. The summed E-state index contributed by atoms with van der Waals surface area (Å²) >= 11 is 0. The Balaban J connectivity index is 1.51. The van der Waals surface area contributed by atoms with E-state index in [0.29, 0.717) is 18.5 Å². The van der Waals surface area contributed by atoms with E-state index in [2.05, 4.69) is 15.2 Å². The molecule has 1 aromatic carbocycles. The third-order valence-electron chi connectivity index (χ3n) is 8.73. The van der Waals surface area contributed by atoms with Crippen LogP contribution in [0, 0.1) is 11.8 Å². The number of nitrogens with zero attached hydrogens (tertiary/aromatic N) is 4. The largest absolute Gasteiger partial charge is 0.460 e. The van der Waals surface area contributed by atoms with Crippen LogP contribution in [0.3, 0.4) is 0 Å². The van der Waals surface area contributed by atoms with E-state index in [9.17, 15) is 18.9 Å². The third kappa shape index (κ3) is 8.72. The zero-order valence-electron chi connectivity index (χ0n) is 30.0. The summed E-state index contributed by atoms with van der Waals surface area (Å²) in [6.07, 6.45) is -2.88. The van der Waals surface area contributed by atoms with E-state index >= 15 is 4.39 Å². The van der Waals surface area contributed by atoms with E-state index in [1.807, 2.05) is 11.9 Å². The van der Waals surface area contributed by atoms with Crippen LogP contribution in [-0.2, 0) is 42.4 Å². The molecule has 2 aliphatic heterocycles. The van der Waals surface area contributed by atoms with Gasteiger partial charge in [-0.2, -0.15) is 10.2 Å². The van der Waals surface area contributed by atoms with E-state index in [4.69, 9.17) is 33.7 Å². The summed E-state index contributed by atoms with van der Waals surface area (Å²) in [4.78, 5) is 45.4. The first-order valence-corrected chi connectivity index (χ1v) is 18.6. The first kappa shape index (κ1) is 39.1. The fraction of sp³-hybridized carbons (Fsp3) is 0.559. The van der Waals surface area contributed by atoms with Crippen molar-refractivity contribution in [2.24, 2.45) is 11.8 Å². The second kappa shape index (κ2) is 16.3. The maximum Gasteiger partial charge on any atom is 0.459 e. The number of carbonyl (C=O) groups excluding carboxylic acids is 3. The van der Waals surface area contributed by atoms with Crippen molar-refractivity contribution >= 4 is 37.0 Å². The van der Waals surface area contributed by atoms with Gasteiger partial charge in [0.15, 0.2) is 23.6 Å². The van der Waals surface area contributed by atoms with Gasteiger partial charge in [0.05, 0.1) is 24.1 Å². The van der Waals surface area contributed by atoms with E-state index in [-0.39, 0.29) is 23.4 Å². The maximum absolute atomic E-state index is 15.8. The highest BCUT2D eigenvalue weighted by Crippen LogP contribution is 2.50. The van der Waals surface area contributed by atoms with Gasteiger partial charge in [-0.3, -0.25) is 18.9 Å². The minimum absolute atomic E-state index is 0.110. The quantitative estimate of drug-likeness (QED) is 0.130. The molecule has 3 N–H and O–H groups in total. The molecule has 0 bridgehead atoms. The molecule has 1 unspecified atom stereocenters. The number of benzene rings is 1. The SMILES string of the molecule is CC(C)C(=O)O[C@H]1[C@H](c2ccc3c(N)ncnn23)O[C@](CF)(COP(=O)(N[C@@H](C)C(=O)O[C@@H]2CCN(C)C2)Oc2ccccc2)[C@H]1OC(=O)C(C)C. The molecule has 4 heterocycles. The zero-order chi connectivity index (χ0) is 37.8. The predicted octanol–water partition coefficient (Wildman–Crippen LogP) is 3.66. The highest BCUT2D eigenvalue weighted by atomic mass is 31.2. The number of esters is 3. The minimum Gasteiger partial charge on any atom is -0.460 e. The van der Waals surface area contributed by atoms with Crippen LogP contribution in [0.2, 0.25) is 0 Å². The van der Waals surface area contributed by atoms with Crippen LogP contribution < -0.4 is 15.3 Å². The Morgan fingerprint density at radius 2 is 1.73 bits per heavy atom. The lowest BCUT2D eigenvalue weighted by Crippen LogP contribution is -2.52. The van der Waals surface area contributed by atoms with Gasteiger partial charge < -0.3 is 34.1 Å². The summed E-state index contributed by atoms with van der Waals surface area (Å²) in [6.45, 7) is 6.86. The Morgan fingerprint density at radius 1 is 1.04 bits per heavy atom. The number of hydrogen-bond acceptors (Lipinski definition) is 14. The Bertz CT molecular complexity index is 1780. The molecule has 52 heavy (non-hydrogen) atoms. The van der Waals surface area contributed by atoms with Gasteiger partial charge >= 0.3 is 25.7 Å². The molecular formula is C34H46FN6O10P. The number of likely N-dealkylation sites (tertiary alicyclic amines) is 1. The Morgan fingerprint density at radius 3 is 2.37 bits per heavy atom. The van der Waals surface area contributed by atoms with Crippen LogP contribution in [0.25, 0.3) is 5.52 Å². The van der Waals surface area contributed by atoms with Gasteiger partial charge in [-0.1, -0.05) is 45.9 Å². The number of hydrogen-bond donors (Lipinski definition) is 2. The van der Waals surface area contributed by atoms with Crippen molar-refractivity contribution in [3.8, 4) is 5.75 Å². The summed E-state index contributed by atoms with van der Waals surface area (Å²) in [6, 6.07) is 9.99. The number of carbonyl (C=O) groups is 3. The van der Waals surface area contributed by atoms with Crippen LogP contribution in [0.4, 0.5) is 10.2 Å². The fourth-order valence-corrected chi connectivity index (χ4v) is 7.35. The average Bonchev–Trinajstić information content (AvgIpc) is 3.80. The molecule has 0 aliphatic carbocycles. The van der Waals surface area contributed by atoms with Gasteiger partial charge in [0, 0.05) is 13.1 Å². The van der Waals surface area contributed by atoms with Crippen molar-refractivity contribution in [3.05, 3.63) is 54.5 Å². The summed E-state index contributed by atoms with van der Waals surface area (Å²) in [5.74, 6) is -3.20. The van der Waals surface area contributed by atoms with Crippen molar-refractivity contribution in [2.75, 3.05) is 39.2 Å². The zero-order valence-corrected chi connectivity index (χ0v) is 30.9. The van der Waals surface area contributed by atoms with Gasteiger partial charge in [0.1, 0.15) is 42.5 Å². The lowest BCUT2D eigenvalue weighted by Gasteiger charge is -2.34. The van der Waals surface area contributed by atoms with Gasteiger partial charge in [-0.15, -0.1) is 0 Å². The number of para-hydroxylation sites is 1. The lowest BCUT2D eigenvalue weighted by molar-refractivity contribution is -0.178. The molecule has 0 saturated carbocycles. The maximum atomic E-state index is 15.8. The lowest BCUT2D eigenvalue weighted by atomic mass is 9.95. The number of halogens is 1. The smallest absolute Gasteiger partial charge is 0.459 e. The number of alkyl halides is 1. The van der Waals surface area contributed by atoms with E-state index < -0.39 is 80.7 Å². The number of fused-ring (bicyclic) bond motifs is 1. The highest BCUT2D eigenvalue weighted by Gasteiger charge is 2.62. The third-order valence-corrected chi connectivity index (χ3v) is 10.4. The molecule has 0 amide bonds. The monoisotopic (exact) mass is 748 g/mol. The number of nitrogens with two attached hydrogens (primary N) is 1. The van der Waals surface area contributed by atoms with E-state index in [1.54, 1.807) is 58.0 Å². The van der Waals surface area contributed by atoms with Crippen LogP contribution >= 0.6 is 7.75 Å². The van der Waals surface area contributed by atoms with Gasteiger partial charge in [-0.25, -0.2) is 18.5 Å². The molecule has 3 aromatic rings. The van der Waals surface area contributed by atoms with Crippen LogP contribution in [0.1, 0.15) is 52.8 Å². The van der Waals surface area contributed by atoms with Gasteiger partial charge in [-0.05, 0) is 44.7 Å². The van der Waals surface area contributed by atoms with Gasteiger partial charge in [0.2, 0.25) is 0 Å². The number of nitrogens with one attached hydrogen (secondary N) is 1. The number of aromatic nitrogens is 3. The van der Waals surface area contributed by atoms with E-state index in [1.165, 1.54) is 29.9 Å². The number of ether oxygens (including phenoxy) is 4. The average molecular weight is 749 g/mol. The molecule has 0 radical (unpaired) electrons. The normalized spacial score (nSPS) is 25.2. The number of likely N-dealkylation sites (N-methyl/N-ethyl adjacent to an activating group) is 1. The fourth-order valence-electron chi connectivity index (χ4n) is 5.81. The van der Waals surface area contributed by atoms with Crippen molar-refractivity contribution in [1.82, 2.24) is 24.6 Å². The molecule has 18 heteroatoms. The second-order valence-corrected chi connectivity index (χ2v) is 15.3. The Hall–Kier alpha value is -4.15. The molecule has 2 aliphatic rings. The number of anilines is 1. The van der Waals surface area contributed by atoms with Crippen molar-refractivity contribution in [3.63, 3.8) is 0 Å². The molecule has 2 fully saturated rings. The van der Waals surface area contributed by atoms with Crippen molar-refractivity contribution < 1.29 is 51.3 Å². The molecule has 16 nitrogen and oxygen atoms in total. The summed E-state index contributed by atoms with van der Waals surface area (Å²) in [5.41, 5.74) is 4.49. The van der Waals surface area contributed by atoms with Crippen LogP contribution in [-0.4, -0.2) is 101 Å². The van der Waals surface area contributed by atoms with E-state index in [0.717, 1.165) is 6.54 Å². The molecule has 2 aromatic heterocycles. The topological polar surface area (TPSA) is 195 Å². The second-order valence-electron chi connectivity index (χ2n) is 13.6. The van der Waals surface area contributed by atoms with Crippen LogP contribution in [0.15, 0.2) is 48.8 Å².